The second kappa shape index (κ2) is 8.10. The zero-order valence-electron chi connectivity index (χ0n) is 12.2. The van der Waals surface area contributed by atoms with Crippen molar-refractivity contribution in [3.05, 3.63) is 51.7 Å². The van der Waals surface area contributed by atoms with Crippen LogP contribution in [0.25, 0.3) is 0 Å². The van der Waals surface area contributed by atoms with Crippen LogP contribution in [0.4, 0.5) is 0 Å². The monoisotopic (exact) mass is 321 g/mol. The molecule has 1 aromatic carbocycles. The van der Waals surface area contributed by atoms with Gasteiger partial charge in [0, 0.05) is 28.5 Å². The van der Waals surface area contributed by atoms with Gasteiger partial charge in [0.25, 0.3) is 5.91 Å². The molecule has 0 fully saturated rings. The Bertz CT molecular complexity index is 582. The van der Waals surface area contributed by atoms with Gasteiger partial charge in [0.2, 0.25) is 0 Å². The molecule has 0 saturated heterocycles. The fourth-order valence-corrected chi connectivity index (χ4v) is 3.57. The fourth-order valence-electron chi connectivity index (χ4n) is 1.87. The van der Waals surface area contributed by atoms with E-state index in [4.69, 9.17) is 4.74 Å². The molecule has 0 aliphatic carbocycles. The Morgan fingerprint density at radius 3 is 2.95 bits per heavy atom. The first-order chi connectivity index (χ1) is 10.2. The van der Waals surface area contributed by atoms with Crippen molar-refractivity contribution < 1.29 is 9.53 Å². The highest BCUT2D eigenvalue weighted by Crippen LogP contribution is 2.19. The SMILES string of the molecule is COc1cc(C(=O)NCCSCc2cccs2)ccc1C. The number of thiophene rings is 1. The van der Waals surface area contributed by atoms with Crippen LogP contribution in [-0.2, 0) is 5.75 Å². The number of aryl methyl sites for hydroxylation is 1. The topological polar surface area (TPSA) is 38.3 Å². The average Bonchev–Trinajstić information content (AvgIpc) is 3.00. The minimum Gasteiger partial charge on any atom is -0.496 e. The molecule has 21 heavy (non-hydrogen) atoms. The van der Waals surface area contributed by atoms with Crippen LogP contribution in [0, 0.1) is 6.92 Å². The first-order valence-electron chi connectivity index (χ1n) is 6.73. The van der Waals surface area contributed by atoms with Crippen LogP contribution in [0.2, 0.25) is 0 Å². The second-order valence-corrected chi connectivity index (χ2v) is 6.71. The predicted molar refractivity (Wildman–Crippen MR) is 90.5 cm³/mol. The van der Waals surface area contributed by atoms with Crippen molar-refractivity contribution in [2.45, 2.75) is 12.7 Å². The number of ether oxygens (including phenoxy) is 1. The molecule has 0 spiro atoms. The van der Waals surface area contributed by atoms with Gasteiger partial charge >= 0.3 is 0 Å². The molecule has 1 aromatic heterocycles. The van der Waals surface area contributed by atoms with Gasteiger partial charge in [-0.3, -0.25) is 4.79 Å². The highest BCUT2D eigenvalue weighted by molar-refractivity contribution is 7.98. The van der Waals surface area contributed by atoms with Gasteiger partial charge < -0.3 is 10.1 Å². The second-order valence-electron chi connectivity index (χ2n) is 4.57. The van der Waals surface area contributed by atoms with E-state index < -0.39 is 0 Å². The highest BCUT2D eigenvalue weighted by atomic mass is 32.2. The predicted octanol–water partition coefficient (Wildman–Crippen LogP) is 3.73. The minimum absolute atomic E-state index is 0.0509. The molecular formula is C16H19NO2S2. The van der Waals surface area contributed by atoms with Gasteiger partial charge in [-0.05, 0) is 36.1 Å². The summed E-state index contributed by atoms with van der Waals surface area (Å²) >= 11 is 3.60. The van der Waals surface area contributed by atoms with Gasteiger partial charge in [-0.15, -0.1) is 11.3 Å². The number of carbonyl (C=O) groups excluding carboxylic acids is 1. The third kappa shape index (κ3) is 4.79. The van der Waals surface area contributed by atoms with Crippen LogP contribution in [0.15, 0.2) is 35.7 Å². The molecule has 0 atom stereocenters. The van der Waals surface area contributed by atoms with Gasteiger partial charge in [-0.25, -0.2) is 0 Å². The fraction of sp³-hybridized carbons (Fsp3) is 0.312. The van der Waals surface area contributed by atoms with Crippen molar-refractivity contribution in [2.24, 2.45) is 0 Å². The Morgan fingerprint density at radius 2 is 2.24 bits per heavy atom. The van der Waals surface area contributed by atoms with E-state index >= 15 is 0 Å². The van der Waals surface area contributed by atoms with Gasteiger partial charge in [0.1, 0.15) is 5.75 Å². The standard InChI is InChI=1S/C16H19NO2S2/c1-12-5-6-13(10-15(12)19-2)16(18)17-7-9-20-11-14-4-3-8-21-14/h3-6,8,10H,7,9,11H2,1-2H3,(H,17,18). The molecule has 0 unspecified atom stereocenters. The lowest BCUT2D eigenvalue weighted by Gasteiger charge is -2.08. The number of benzene rings is 1. The summed E-state index contributed by atoms with van der Waals surface area (Å²) in [5.74, 6) is 2.61. The molecule has 0 aliphatic rings. The lowest BCUT2D eigenvalue weighted by atomic mass is 10.1. The summed E-state index contributed by atoms with van der Waals surface area (Å²) in [5.41, 5.74) is 1.67. The van der Waals surface area contributed by atoms with E-state index in [2.05, 4.69) is 22.8 Å². The van der Waals surface area contributed by atoms with E-state index in [1.54, 1.807) is 24.5 Å². The molecule has 112 valence electrons. The number of hydrogen-bond acceptors (Lipinski definition) is 4. The van der Waals surface area contributed by atoms with Crippen molar-refractivity contribution in [3.8, 4) is 5.75 Å². The van der Waals surface area contributed by atoms with E-state index in [1.165, 1.54) is 4.88 Å². The van der Waals surface area contributed by atoms with Crippen molar-refractivity contribution >= 4 is 29.0 Å². The maximum atomic E-state index is 12.0. The number of rotatable bonds is 7. The van der Waals surface area contributed by atoms with E-state index in [0.717, 1.165) is 22.8 Å². The van der Waals surface area contributed by atoms with Crippen LogP contribution >= 0.6 is 23.1 Å². The maximum Gasteiger partial charge on any atom is 0.251 e. The van der Waals surface area contributed by atoms with E-state index in [1.807, 2.05) is 30.8 Å². The summed E-state index contributed by atoms with van der Waals surface area (Å²) < 4.78 is 5.24. The van der Waals surface area contributed by atoms with E-state index in [0.29, 0.717) is 12.1 Å². The zero-order chi connectivity index (χ0) is 15.1. The Kier molecular flexibility index (Phi) is 6.14. The summed E-state index contributed by atoms with van der Waals surface area (Å²) in [6.45, 7) is 2.63. The number of hydrogen-bond donors (Lipinski definition) is 1. The molecule has 2 rings (SSSR count). The minimum atomic E-state index is -0.0509. The molecular weight excluding hydrogens is 302 g/mol. The Hall–Kier alpha value is -1.46. The molecule has 5 heteroatoms. The average molecular weight is 321 g/mol. The van der Waals surface area contributed by atoms with E-state index in [-0.39, 0.29) is 5.91 Å². The first-order valence-corrected chi connectivity index (χ1v) is 8.77. The van der Waals surface area contributed by atoms with Crippen LogP contribution in [0.1, 0.15) is 20.8 Å². The highest BCUT2D eigenvalue weighted by Gasteiger charge is 2.07. The van der Waals surface area contributed by atoms with Crippen LogP contribution in [0.5, 0.6) is 5.75 Å². The maximum absolute atomic E-state index is 12.0. The summed E-state index contributed by atoms with van der Waals surface area (Å²) in [6.07, 6.45) is 0. The summed E-state index contributed by atoms with van der Waals surface area (Å²) in [4.78, 5) is 13.4. The molecule has 1 amide bonds. The molecule has 0 aliphatic heterocycles. The number of carbonyl (C=O) groups is 1. The molecule has 0 radical (unpaired) electrons. The van der Waals surface area contributed by atoms with E-state index in [9.17, 15) is 4.79 Å². The normalized spacial score (nSPS) is 10.4. The quantitative estimate of drug-likeness (QED) is 0.790. The molecule has 0 bridgehead atoms. The van der Waals surface area contributed by atoms with Crippen LogP contribution in [-0.4, -0.2) is 25.3 Å². The van der Waals surface area contributed by atoms with Gasteiger partial charge in [0.05, 0.1) is 7.11 Å². The molecule has 2 aromatic rings. The Morgan fingerprint density at radius 1 is 1.38 bits per heavy atom. The number of amides is 1. The van der Waals surface area contributed by atoms with Crippen LogP contribution < -0.4 is 10.1 Å². The van der Waals surface area contributed by atoms with Gasteiger partial charge in [-0.2, -0.15) is 11.8 Å². The Balaban J connectivity index is 1.74. The lowest BCUT2D eigenvalue weighted by molar-refractivity contribution is 0.0956. The van der Waals surface area contributed by atoms with Crippen molar-refractivity contribution in [1.82, 2.24) is 5.32 Å². The number of methoxy groups -OCH3 is 1. The lowest BCUT2D eigenvalue weighted by Crippen LogP contribution is -2.25. The number of nitrogens with one attached hydrogen (secondary N) is 1. The Labute approximate surface area is 133 Å². The summed E-state index contributed by atoms with van der Waals surface area (Å²) in [5, 5.41) is 5.02. The van der Waals surface area contributed by atoms with Gasteiger partial charge in [0.15, 0.2) is 0 Å². The van der Waals surface area contributed by atoms with Crippen LogP contribution in [0.3, 0.4) is 0 Å². The third-order valence-corrected chi connectivity index (χ3v) is 5.09. The van der Waals surface area contributed by atoms with Crippen molar-refractivity contribution in [1.29, 1.82) is 0 Å². The molecule has 1 heterocycles. The summed E-state index contributed by atoms with van der Waals surface area (Å²) in [6, 6.07) is 9.71. The largest absolute Gasteiger partial charge is 0.496 e. The third-order valence-electron chi connectivity index (χ3n) is 3.03. The van der Waals surface area contributed by atoms with Crippen molar-refractivity contribution in [3.63, 3.8) is 0 Å². The van der Waals surface area contributed by atoms with Crippen molar-refractivity contribution in [2.75, 3.05) is 19.4 Å². The molecule has 0 saturated carbocycles. The summed E-state index contributed by atoms with van der Waals surface area (Å²) in [7, 11) is 1.62. The molecule has 3 nitrogen and oxygen atoms in total. The zero-order valence-corrected chi connectivity index (χ0v) is 13.9. The smallest absolute Gasteiger partial charge is 0.251 e. The molecule has 1 N–H and O–H groups in total. The van der Waals surface area contributed by atoms with Gasteiger partial charge in [-0.1, -0.05) is 12.1 Å². The first kappa shape index (κ1) is 15.9. The number of thioether (sulfide) groups is 1.